The molecule has 7 heteroatoms. The van der Waals surface area contributed by atoms with Crippen LogP contribution in [-0.4, -0.2) is 32.7 Å². The summed E-state index contributed by atoms with van der Waals surface area (Å²) in [6, 6.07) is 13.4. The van der Waals surface area contributed by atoms with Gasteiger partial charge >= 0.3 is 0 Å². The number of sulfonamides is 1. The van der Waals surface area contributed by atoms with Gasteiger partial charge in [-0.3, -0.25) is 4.79 Å². The van der Waals surface area contributed by atoms with Crippen molar-refractivity contribution in [2.24, 2.45) is 0 Å². The summed E-state index contributed by atoms with van der Waals surface area (Å²) in [6.07, 6.45) is 0. The van der Waals surface area contributed by atoms with Crippen molar-refractivity contribution < 1.29 is 13.2 Å². The van der Waals surface area contributed by atoms with E-state index >= 15 is 0 Å². The second-order valence-electron chi connectivity index (χ2n) is 4.99. The van der Waals surface area contributed by atoms with Gasteiger partial charge in [-0.15, -0.1) is 0 Å². The maximum atomic E-state index is 12.5. The Labute approximate surface area is 144 Å². The predicted octanol–water partition coefficient (Wildman–Crippen LogP) is 2.63. The number of nitrogens with one attached hydrogen (secondary N) is 1. The van der Waals surface area contributed by atoms with Gasteiger partial charge in [0.05, 0.1) is 4.90 Å². The number of carbonyl (C=O) groups is 1. The molecule has 0 spiro atoms. The fraction of sp³-hybridized carbons (Fsp3) is 0.188. The molecule has 1 amide bonds. The first kappa shape index (κ1) is 17.7. The van der Waals surface area contributed by atoms with Crippen LogP contribution in [0.3, 0.4) is 0 Å². The van der Waals surface area contributed by atoms with Crippen molar-refractivity contribution in [3.63, 3.8) is 0 Å². The van der Waals surface area contributed by atoms with Gasteiger partial charge < -0.3 is 5.32 Å². The Morgan fingerprint density at radius 2 is 1.65 bits per heavy atom. The molecule has 0 saturated carbocycles. The van der Waals surface area contributed by atoms with Crippen molar-refractivity contribution in [3.8, 4) is 0 Å². The van der Waals surface area contributed by atoms with Crippen LogP contribution in [0.1, 0.15) is 15.9 Å². The molecule has 0 fully saturated rings. The molecule has 0 heterocycles. The van der Waals surface area contributed by atoms with Crippen molar-refractivity contribution in [2.75, 3.05) is 14.1 Å². The summed E-state index contributed by atoms with van der Waals surface area (Å²) in [5.74, 6) is -0.174. The van der Waals surface area contributed by atoms with Crippen LogP contribution in [-0.2, 0) is 16.6 Å². The lowest BCUT2D eigenvalue weighted by Gasteiger charge is -2.17. The average Bonchev–Trinajstić information content (AvgIpc) is 2.55. The highest BCUT2D eigenvalue weighted by Gasteiger charge is 2.20. The minimum atomic E-state index is -3.55. The number of benzene rings is 2. The van der Waals surface area contributed by atoms with E-state index in [2.05, 4.69) is 21.2 Å². The van der Waals surface area contributed by atoms with Gasteiger partial charge in [0, 0.05) is 30.7 Å². The third-order valence-corrected chi connectivity index (χ3v) is 5.72. The summed E-state index contributed by atoms with van der Waals surface area (Å²) in [5, 5.41) is 2.54. The summed E-state index contributed by atoms with van der Waals surface area (Å²) in [7, 11) is -0.456. The lowest BCUT2D eigenvalue weighted by Crippen LogP contribution is -2.26. The molecule has 0 aliphatic rings. The van der Waals surface area contributed by atoms with E-state index in [1.807, 2.05) is 0 Å². The fourth-order valence-electron chi connectivity index (χ4n) is 2.03. The summed E-state index contributed by atoms with van der Waals surface area (Å²) in [6.45, 7) is 0.229. The van der Waals surface area contributed by atoms with Crippen LogP contribution >= 0.6 is 15.9 Å². The lowest BCUT2D eigenvalue weighted by molar-refractivity contribution is 0.0963. The first-order valence-corrected chi connectivity index (χ1v) is 9.11. The maximum absolute atomic E-state index is 12.5. The molecule has 0 saturated heterocycles. The van der Waals surface area contributed by atoms with E-state index in [-0.39, 0.29) is 17.3 Å². The average molecular weight is 397 g/mol. The zero-order valence-corrected chi connectivity index (χ0v) is 15.2. The zero-order chi connectivity index (χ0) is 17.0. The molecule has 23 heavy (non-hydrogen) atoms. The van der Waals surface area contributed by atoms with E-state index < -0.39 is 10.0 Å². The Morgan fingerprint density at radius 3 is 2.17 bits per heavy atom. The summed E-state index contributed by atoms with van der Waals surface area (Å²) in [5.41, 5.74) is 1.34. The Morgan fingerprint density at radius 1 is 1.09 bits per heavy atom. The molecular formula is C16H17BrN2O3S. The molecule has 122 valence electrons. The third kappa shape index (κ3) is 4.19. The van der Waals surface area contributed by atoms with Crippen LogP contribution in [0.5, 0.6) is 0 Å². The highest BCUT2D eigenvalue weighted by Crippen LogP contribution is 2.19. The van der Waals surface area contributed by atoms with Crippen LogP contribution in [0.15, 0.2) is 57.9 Å². The molecule has 0 bridgehead atoms. The molecule has 1 N–H and O–H groups in total. The molecule has 0 aliphatic heterocycles. The Bertz CT molecular complexity index is 787. The Balaban J connectivity index is 2.16. The Kier molecular flexibility index (Phi) is 5.56. The number of hydrogen-bond acceptors (Lipinski definition) is 3. The summed E-state index contributed by atoms with van der Waals surface area (Å²) < 4.78 is 27.1. The van der Waals surface area contributed by atoms with Gasteiger partial charge in [-0.2, -0.15) is 4.31 Å². The molecule has 0 atom stereocenters. The fourth-order valence-corrected chi connectivity index (χ4v) is 3.46. The largest absolute Gasteiger partial charge is 0.355 e. The van der Waals surface area contributed by atoms with Crippen molar-refractivity contribution in [1.29, 1.82) is 0 Å². The normalized spacial score (nSPS) is 11.5. The van der Waals surface area contributed by atoms with Gasteiger partial charge in [0.15, 0.2) is 0 Å². The molecule has 2 rings (SSSR count). The van der Waals surface area contributed by atoms with Gasteiger partial charge in [0.2, 0.25) is 10.0 Å². The summed E-state index contributed by atoms with van der Waals surface area (Å²) in [4.78, 5) is 11.7. The Hall–Kier alpha value is -1.70. The van der Waals surface area contributed by atoms with E-state index in [0.29, 0.717) is 5.56 Å². The topological polar surface area (TPSA) is 66.5 Å². The first-order valence-electron chi connectivity index (χ1n) is 6.87. The van der Waals surface area contributed by atoms with Crippen LogP contribution in [0, 0.1) is 0 Å². The van der Waals surface area contributed by atoms with Crippen molar-refractivity contribution >= 4 is 31.9 Å². The van der Waals surface area contributed by atoms with Gasteiger partial charge in [-0.05, 0) is 42.0 Å². The maximum Gasteiger partial charge on any atom is 0.251 e. The SMILES string of the molecule is CNC(=O)c1ccc(CN(C)S(=O)(=O)c2ccc(Br)cc2)cc1. The highest BCUT2D eigenvalue weighted by atomic mass is 79.9. The number of carbonyl (C=O) groups excluding carboxylic acids is 1. The lowest BCUT2D eigenvalue weighted by atomic mass is 10.1. The molecule has 0 radical (unpaired) electrons. The van der Waals surface area contributed by atoms with Gasteiger partial charge in [0.1, 0.15) is 0 Å². The van der Waals surface area contributed by atoms with Gasteiger partial charge in [-0.25, -0.2) is 8.42 Å². The smallest absolute Gasteiger partial charge is 0.251 e. The minimum Gasteiger partial charge on any atom is -0.355 e. The molecule has 5 nitrogen and oxygen atoms in total. The van der Waals surface area contributed by atoms with Crippen LogP contribution in [0.2, 0.25) is 0 Å². The van der Waals surface area contributed by atoms with Crippen molar-refractivity contribution in [3.05, 3.63) is 64.1 Å². The second kappa shape index (κ2) is 7.25. The summed E-state index contributed by atoms with van der Waals surface area (Å²) >= 11 is 3.29. The second-order valence-corrected chi connectivity index (χ2v) is 7.95. The van der Waals surface area contributed by atoms with Crippen LogP contribution in [0.25, 0.3) is 0 Å². The molecule has 0 aromatic heterocycles. The van der Waals surface area contributed by atoms with E-state index in [4.69, 9.17) is 0 Å². The van der Waals surface area contributed by atoms with E-state index in [1.54, 1.807) is 55.6 Å². The quantitative estimate of drug-likeness (QED) is 0.844. The van der Waals surface area contributed by atoms with Crippen LogP contribution < -0.4 is 5.32 Å². The minimum absolute atomic E-state index is 0.174. The first-order chi connectivity index (χ1) is 10.8. The van der Waals surface area contributed by atoms with E-state index in [0.717, 1.165) is 10.0 Å². The predicted molar refractivity (Wildman–Crippen MR) is 92.6 cm³/mol. The van der Waals surface area contributed by atoms with Crippen molar-refractivity contribution in [2.45, 2.75) is 11.4 Å². The zero-order valence-electron chi connectivity index (χ0n) is 12.8. The number of amides is 1. The standard InChI is InChI=1S/C16H17BrN2O3S/c1-18-16(20)13-5-3-12(4-6-13)11-19(2)23(21,22)15-9-7-14(17)8-10-15/h3-10H,11H2,1-2H3,(H,18,20). The number of rotatable bonds is 5. The van der Waals surface area contributed by atoms with E-state index in [1.165, 1.54) is 11.4 Å². The molecule has 2 aromatic rings. The third-order valence-electron chi connectivity index (χ3n) is 3.37. The van der Waals surface area contributed by atoms with Gasteiger partial charge in [-0.1, -0.05) is 28.1 Å². The molecule has 0 unspecified atom stereocenters. The van der Waals surface area contributed by atoms with Crippen LogP contribution in [0.4, 0.5) is 0 Å². The van der Waals surface area contributed by atoms with Gasteiger partial charge in [0.25, 0.3) is 5.91 Å². The molecule has 0 aliphatic carbocycles. The molecule has 2 aromatic carbocycles. The van der Waals surface area contributed by atoms with E-state index in [9.17, 15) is 13.2 Å². The number of hydrogen-bond donors (Lipinski definition) is 1. The number of halogens is 1. The molecular weight excluding hydrogens is 380 g/mol. The van der Waals surface area contributed by atoms with Crippen molar-refractivity contribution in [1.82, 2.24) is 9.62 Å². The highest BCUT2D eigenvalue weighted by molar-refractivity contribution is 9.10. The number of nitrogens with zero attached hydrogens (tertiary/aromatic N) is 1. The monoisotopic (exact) mass is 396 g/mol.